The molecule has 0 aromatic heterocycles. The van der Waals surface area contributed by atoms with Gasteiger partial charge in [0.2, 0.25) is 0 Å². The zero-order valence-electron chi connectivity index (χ0n) is 15.8. The number of hydrogen-bond acceptors (Lipinski definition) is 1. The molecule has 0 saturated carbocycles. The van der Waals surface area contributed by atoms with Gasteiger partial charge in [-0.1, -0.05) is 80.2 Å². The highest BCUT2D eigenvalue weighted by Gasteiger charge is 2.13. The van der Waals surface area contributed by atoms with Crippen molar-refractivity contribution >= 4 is 17.0 Å². The maximum atomic E-state index is 4.24. The second kappa shape index (κ2) is 7.67. The highest BCUT2D eigenvalue weighted by Crippen LogP contribution is 2.30. The summed E-state index contributed by atoms with van der Waals surface area (Å²) < 4.78 is 0. The Balaban J connectivity index is 1.45. The van der Waals surface area contributed by atoms with Gasteiger partial charge in [-0.05, 0) is 59.2 Å². The number of anilines is 1. The fourth-order valence-corrected chi connectivity index (χ4v) is 3.81. The fraction of sp³-hybridized carbons (Fsp3) is 0.154. The Kier molecular flexibility index (Phi) is 4.93. The summed E-state index contributed by atoms with van der Waals surface area (Å²) in [5.41, 5.74) is 10.2. The van der Waals surface area contributed by atoms with Crippen molar-refractivity contribution in [1.82, 2.24) is 0 Å². The van der Waals surface area contributed by atoms with Gasteiger partial charge in [0.1, 0.15) is 0 Å². The summed E-state index contributed by atoms with van der Waals surface area (Å²) in [6.07, 6.45) is 5.41. The molecule has 0 bridgehead atoms. The van der Waals surface area contributed by atoms with E-state index in [9.17, 15) is 0 Å². The van der Waals surface area contributed by atoms with Crippen molar-refractivity contribution in [2.24, 2.45) is 0 Å². The number of aryl methyl sites for hydroxylation is 1. The van der Waals surface area contributed by atoms with Gasteiger partial charge in [-0.25, -0.2) is 0 Å². The van der Waals surface area contributed by atoms with Crippen LogP contribution in [0.15, 0.2) is 85.5 Å². The van der Waals surface area contributed by atoms with Gasteiger partial charge in [0.25, 0.3) is 0 Å². The van der Waals surface area contributed by atoms with E-state index in [1.165, 1.54) is 33.4 Å². The van der Waals surface area contributed by atoms with Crippen molar-refractivity contribution < 1.29 is 0 Å². The third-order valence-electron chi connectivity index (χ3n) is 5.30. The fourth-order valence-electron chi connectivity index (χ4n) is 3.81. The van der Waals surface area contributed by atoms with Crippen LogP contribution in [0.3, 0.4) is 0 Å². The molecule has 1 nitrogen and oxygen atoms in total. The van der Waals surface area contributed by atoms with Gasteiger partial charge in [-0.2, -0.15) is 0 Å². The van der Waals surface area contributed by atoms with Crippen LogP contribution in [0.25, 0.3) is 11.3 Å². The van der Waals surface area contributed by atoms with Gasteiger partial charge in [-0.15, -0.1) is 0 Å². The molecule has 0 spiro atoms. The van der Waals surface area contributed by atoms with Crippen LogP contribution in [-0.2, 0) is 19.3 Å². The molecule has 4 rings (SSSR count). The van der Waals surface area contributed by atoms with Crippen LogP contribution >= 0.6 is 0 Å². The lowest BCUT2D eigenvalue weighted by molar-refractivity contribution is 1.13. The van der Waals surface area contributed by atoms with Gasteiger partial charge in [-0.3, -0.25) is 0 Å². The molecule has 0 saturated heterocycles. The van der Waals surface area contributed by atoms with E-state index in [2.05, 4.69) is 97.7 Å². The van der Waals surface area contributed by atoms with Crippen molar-refractivity contribution in [3.63, 3.8) is 0 Å². The van der Waals surface area contributed by atoms with E-state index in [1.54, 1.807) is 0 Å². The number of nitrogens with one attached hydrogen (secondary N) is 1. The SMILES string of the molecule is C=C(Nc1ccc(CC2=CCc3ccccc32)cc1)c1ccccc1CC. The zero-order chi connectivity index (χ0) is 18.6. The van der Waals surface area contributed by atoms with Gasteiger partial charge in [0, 0.05) is 16.9 Å². The molecule has 0 aliphatic heterocycles. The zero-order valence-corrected chi connectivity index (χ0v) is 15.8. The van der Waals surface area contributed by atoms with Crippen LogP contribution < -0.4 is 5.32 Å². The van der Waals surface area contributed by atoms with Crippen LogP contribution in [0, 0.1) is 0 Å². The Morgan fingerprint density at radius 2 is 1.67 bits per heavy atom. The first-order chi connectivity index (χ1) is 13.2. The number of fused-ring (bicyclic) bond motifs is 1. The quantitative estimate of drug-likeness (QED) is 0.533. The van der Waals surface area contributed by atoms with Gasteiger partial charge in [0.15, 0.2) is 0 Å². The minimum Gasteiger partial charge on any atom is -0.356 e. The van der Waals surface area contributed by atoms with E-state index in [-0.39, 0.29) is 0 Å². The van der Waals surface area contributed by atoms with Crippen molar-refractivity contribution in [3.8, 4) is 0 Å². The predicted octanol–water partition coefficient (Wildman–Crippen LogP) is 6.51. The van der Waals surface area contributed by atoms with E-state index < -0.39 is 0 Å². The molecule has 1 N–H and O–H groups in total. The van der Waals surface area contributed by atoms with E-state index in [1.807, 2.05) is 0 Å². The Hall–Kier alpha value is -3.06. The monoisotopic (exact) mass is 351 g/mol. The highest BCUT2D eigenvalue weighted by molar-refractivity contribution is 5.77. The van der Waals surface area contributed by atoms with Crippen molar-refractivity contribution in [2.75, 3.05) is 5.32 Å². The molecule has 1 heteroatoms. The van der Waals surface area contributed by atoms with Gasteiger partial charge < -0.3 is 5.32 Å². The Bertz CT molecular complexity index is 993. The highest BCUT2D eigenvalue weighted by atomic mass is 14.9. The summed E-state index contributed by atoms with van der Waals surface area (Å²) in [5.74, 6) is 0. The molecule has 0 heterocycles. The standard InChI is InChI=1S/C26H25N/c1-3-21-8-4-6-10-25(21)19(2)27-24-16-12-20(13-17-24)18-23-15-14-22-9-5-7-11-26(22)23/h4-13,15-17,27H,2-3,14,18H2,1H3. The average Bonchev–Trinajstić information content (AvgIpc) is 3.12. The predicted molar refractivity (Wildman–Crippen MR) is 117 cm³/mol. The summed E-state index contributed by atoms with van der Waals surface area (Å²) in [6, 6.07) is 25.9. The lowest BCUT2D eigenvalue weighted by Crippen LogP contribution is -2.00. The van der Waals surface area contributed by atoms with E-state index in [4.69, 9.17) is 0 Å². The maximum Gasteiger partial charge on any atom is 0.0387 e. The molecule has 3 aromatic carbocycles. The molecule has 3 aromatic rings. The van der Waals surface area contributed by atoms with Crippen molar-refractivity contribution in [2.45, 2.75) is 26.2 Å². The smallest absolute Gasteiger partial charge is 0.0387 e. The first-order valence-corrected chi connectivity index (χ1v) is 9.65. The molecule has 1 aliphatic rings. The van der Waals surface area contributed by atoms with Gasteiger partial charge >= 0.3 is 0 Å². The van der Waals surface area contributed by atoms with Crippen LogP contribution in [-0.4, -0.2) is 0 Å². The van der Waals surface area contributed by atoms with Crippen LogP contribution in [0.2, 0.25) is 0 Å². The maximum absolute atomic E-state index is 4.24. The average molecular weight is 351 g/mol. The summed E-state index contributed by atoms with van der Waals surface area (Å²) in [6.45, 7) is 6.42. The molecule has 0 radical (unpaired) electrons. The topological polar surface area (TPSA) is 12.0 Å². The second-order valence-electron chi connectivity index (χ2n) is 7.08. The number of rotatable bonds is 6. The van der Waals surface area contributed by atoms with E-state index >= 15 is 0 Å². The molecule has 0 unspecified atom stereocenters. The number of benzene rings is 3. The lowest BCUT2D eigenvalue weighted by Gasteiger charge is -2.14. The third kappa shape index (κ3) is 3.73. The number of hydrogen-bond donors (Lipinski definition) is 1. The minimum absolute atomic E-state index is 0.952. The Morgan fingerprint density at radius 3 is 2.48 bits per heavy atom. The van der Waals surface area contributed by atoms with E-state index in [0.717, 1.165) is 30.6 Å². The third-order valence-corrected chi connectivity index (χ3v) is 5.30. The largest absolute Gasteiger partial charge is 0.356 e. The molecule has 0 atom stereocenters. The Labute approximate surface area is 162 Å². The van der Waals surface area contributed by atoms with Crippen LogP contribution in [0.4, 0.5) is 5.69 Å². The van der Waals surface area contributed by atoms with Crippen molar-refractivity contribution in [3.05, 3.63) is 113 Å². The molecule has 27 heavy (non-hydrogen) atoms. The second-order valence-corrected chi connectivity index (χ2v) is 7.08. The molecular weight excluding hydrogens is 326 g/mol. The lowest BCUT2D eigenvalue weighted by atomic mass is 9.99. The normalized spacial score (nSPS) is 12.4. The molecule has 0 amide bonds. The first-order valence-electron chi connectivity index (χ1n) is 9.65. The van der Waals surface area contributed by atoms with E-state index in [0.29, 0.717) is 0 Å². The van der Waals surface area contributed by atoms with Crippen LogP contribution in [0.5, 0.6) is 0 Å². The Morgan fingerprint density at radius 1 is 0.926 bits per heavy atom. The molecule has 134 valence electrons. The summed E-state index contributed by atoms with van der Waals surface area (Å²) in [5, 5.41) is 3.46. The first kappa shape index (κ1) is 17.4. The number of allylic oxidation sites excluding steroid dienone is 2. The molecule has 1 aliphatic carbocycles. The minimum atomic E-state index is 0.952. The molecular formula is C26H25N. The van der Waals surface area contributed by atoms with Crippen molar-refractivity contribution in [1.29, 1.82) is 0 Å². The van der Waals surface area contributed by atoms with Gasteiger partial charge in [0.05, 0.1) is 0 Å². The van der Waals surface area contributed by atoms with Crippen LogP contribution in [0.1, 0.15) is 34.7 Å². The summed E-state index contributed by atoms with van der Waals surface area (Å²) in [4.78, 5) is 0. The molecule has 0 fully saturated rings. The summed E-state index contributed by atoms with van der Waals surface area (Å²) >= 11 is 0. The summed E-state index contributed by atoms with van der Waals surface area (Å²) in [7, 11) is 0.